The van der Waals surface area contributed by atoms with Crippen LogP contribution in [0.1, 0.15) is 15.9 Å². The van der Waals surface area contributed by atoms with E-state index in [0.29, 0.717) is 12.2 Å². The van der Waals surface area contributed by atoms with Gasteiger partial charge in [-0.1, -0.05) is 28.1 Å². The lowest BCUT2D eigenvalue weighted by Gasteiger charge is -2.10. The van der Waals surface area contributed by atoms with Crippen LogP contribution in [0.3, 0.4) is 0 Å². The SMILES string of the molecule is O=C(O)c1cc(F)ccc1NCc1cccc(Br)c1. The van der Waals surface area contributed by atoms with Gasteiger partial charge in [0.1, 0.15) is 5.82 Å². The topological polar surface area (TPSA) is 49.3 Å². The molecule has 0 heterocycles. The molecule has 19 heavy (non-hydrogen) atoms. The summed E-state index contributed by atoms with van der Waals surface area (Å²) in [5.41, 5.74) is 1.32. The van der Waals surface area contributed by atoms with Crippen molar-refractivity contribution in [2.75, 3.05) is 5.32 Å². The van der Waals surface area contributed by atoms with Crippen molar-refractivity contribution in [3.05, 3.63) is 63.9 Å². The van der Waals surface area contributed by atoms with Crippen molar-refractivity contribution in [3.8, 4) is 0 Å². The lowest BCUT2D eigenvalue weighted by Crippen LogP contribution is -2.06. The number of hydrogen-bond donors (Lipinski definition) is 2. The minimum atomic E-state index is -1.16. The van der Waals surface area contributed by atoms with Crippen molar-refractivity contribution in [1.29, 1.82) is 0 Å². The summed E-state index contributed by atoms with van der Waals surface area (Å²) in [5.74, 6) is -1.72. The van der Waals surface area contributed by atoms with E-state index in [1.165, 1.54) is 12.1 Å². The first-order valence-corrected chi connectivity index (χ1v) is 6.37. The number of benzene rings is 2. The van der Waals surface area contributed by atoms with Crippen molar-refractivity contribution >= 4 is 27.6 Å². The number of carboxylic acids is 1. The van der Waals surface area contributed by atoms with E-state index in [1.807, 2.05) is 24.3 Å². The first-order chi connectivity index (χ1) is 9.06. The van der Waals surface area contributed by atoms with E-state index >= 15 is 0 Å². The first kappa shape index (κ1) is 13.5. The number of rotatable bonds is 4. The largest absolute Gasteiger partial charge is 0.478 e. The molecule has 2 aromatic carbocycles. The highest BCUT2D eigenvalue weighted by Gasteiger charge is 2.10. The summed E-state index contributed by atoms with van der Waals surface area (Å²) in [6, 6.07) is 11.3. The van der Waals surface area contributed by atoms with Crippen LogP contribution in [-0.4, -0.2) is 11.1 Å². The molecule has 0 saturated carbocycles. The van der Waals surface area contributed by atoms with Gasteiger partial charge in [-0.15, -0.1) is 0 Å². The Balaban J connectivity index is 2.17. The normalized spacial score (nSPS) is 10.2. The summed E-state index contributed by atoms with van der Waals surface area (Å²) in [7, 11) is 0. The van der Waals surface area contributed by atoms with Gasteiger partial charge < -0.3 is 10.4 Å². The monoisotopic (exact) mass is 323 g/mol. The third-order valence-corrected chi connectivity index (χ3v) is 3.08. The lowest BCUT2D eigenvalue weighted by molar-refractivity contribution is 0.0697. The predicted molar refractivity (Wildman–Crippen MR) is 74.8 cm³/mol. The van der Waals surface area contributed by atoms with Gasteiger partial charge in [0.15, 0.2) is 0 Å². The Bertz CT molecular complexity index is 616. The van der Waals surface area contributed by atoms with Crippen LogP contribution in [0.5, 0.6) is 0 Å². The van der Waals surface area contributed by atoms with Crippen LogP contribution in [0.4, 0.5) is 10.1 Å². The van der Waals surface area contributed by atoms with Gasteiger partial charge in [-0.05, 0) is 35.9 Å². The molecular formula is C14H11BrFNO2. The summed E-state index contributed by atoms with van der Waals surface area (Å²) in [5, 5.41) is 12.0. The van der Waals surface area contributed by atoms with E-state index < -0.39 is 11.8 Å². The minimum Gasteiger partial charge on any atom is -0.478 e. The fourth-order valence-corrected chi connectivity index (χ4v) is 2.14. The Kier molecular flexibility index (Phi) is 4.16. The number of aromatic carboxylic acids is 1. The quantitative estimate of drug-likeness (QED) is 0.897. The molecule has 0 aliphatic rings. The molecule has 0 radical (unpaired) electrons. The predicted octanol–water partition coefficient (Wildman–Crippen LogP) is 3.90. The van der Waals surface area contributed by atoms with Gasteiger partial charge in [0, 0.05) is 16.7 Å². The fraction of sp³-hybridized carbons (Fsp3) is 0.0714. The van der Waals surface area contributed by atoms with E-state index in [2.05, 4.69) is 21.2 Å². The van der Waals surface area contributed by atoms with Crippen molar-refractivity contribution in [1.82, 2.24) is 0 Å². The van der Waals surface area contributed by atoms with E-state index in [1.54, 1.807) is 0 Å². The van der Waals surface area contributed by atoms with Gasteiger partial charge in [-0.25, -0.2) is 9.18 Å². The Morgan fingerprint density at radius 2 is 2.05 bits per heavy atom. The minimum absolute atomic E-state index is 0.0741. The average Bonchev–Trinajstić information content (AvgIpc) is 2.37. The van der Waals surface area contributed by atoms with Gasteiger partial charge in [0.25, 0.3) is 0 Å². The molecule has 0 aromatic heterocycles. The molecule has 0 atom stereocenters. The number of halogens is 2. The number of nitrogens with one attached hydrogen (secondary N) is 1. The molecule has 0 saturated heterocycles. The molecule has 2 aromatic rings. The molecule has 0 unspecified atom stereocenters. The van der Waals surface area contributed by atoms with Crippen LogP contribution in [0.15, 0.2) is 46.9 Å². The molecule has 0 aliphatic carbocycles. The molecule has 0 fully saturated rings. The lowest BCUT2D eigenvalue weighted by atomic mass is 10.1. The van der Waals surface area contributed by atoms with Crippen LogP contribution in [0, 0.1) is 5.82 Å². The van der Waals surface area contributed by atoms with Crippen molar-refractivity contribution in [3.63, 3.8) is 0 Å². The summed E-state index contributed by atoms with van der Waals surface area (Å²) in [6.45, 7) is 0.464. The van der Waals surface area contributed by atoms with Gasteiger partial charge in [-0.3, -0.25) is 0 Å². The maximum Gasteiger partial charge on any atom is 0.337 e. The molecular weight excluding hydrogens is 313 g/mol. The number of carboxylic acid groups (broad SMARTS) is 1. The highest BCUT2D eigenvalue weighted by Crippen LogP contribution is 2.19. The van der Waals surface area contributed by atoms with Crippen molar-refractivity contribution in [2.45, 2.75) is 6.54 Å². The average molecular weight is 324 g/mol. The molecule has 2 N–H and O–H groups in total. The molecule has 0 amide bonds. The van der Waals surface area contributed by atoms with Crippen molar-refractivity contribution < 1.29 is 14.3 Å². The smallest absolute Gasteiger partial charge is 0.337 e. The summed E-state index contributed by atoms with van der Waals surface area (Å²) in [4.78, 5) is 11.0. The molecule has 0 bridgehead atoms. The molecule has 98 valence electrons. The zero-order chi connectivity index (χ0) is 13.8. The molecule has 2 rings (SSSR count). The zero-order valence-electron chi connectivity index (χ0n) is 9.86. The van der Waals surface area contributed by atoms with Crippen LogP contribution < -0.4 is 5.32 Å². The number of hydrogen-bond acceptors (Lipinski definition) is 2. The van der Waals surface area contributed by atoms with Crippen molar-refractivity contribution in [2.24, 2.45) is 0 Å². The van der Waals surface area contributed by atoms with Crippen LogP contribution in [0.2, 0.25) is 0 Å². The van der Waals surface area contributed by atoms with Crippen LogP contribution in [0.25, 0.3) is 0 Å². The van der Waals surface area contributed by atoms with Gasteiger partial charge in [0.2, 0.25) is 0 Å². The standard InChI is InChI=1S/C14H11BrFNO2/c15-10-3-1-2-9(6-10)8-17-13-5-4-11(16)7-12(13)14(18)19/h1-7,17H,8H2,(H,18,19). The first-order valence-electron chi connectivity index (χ1n) is 5.57. The number of carbonyl (C=O) groups is 1. The molecule has 3 nitrogen and oxygen atoms in total. The van der Waals surface area contributed by atoms with Gasteiger partial charge >= 0.3 is 5.97 Å². The van der Waals surface area contributed by atoms with Crippen LogP contribution in [-0.2, 0) is 6.54 Å². The third-order valence-electron chi connectivity index (χ3n) is 2.58. The van der Waals surface area contributed by atoms with E-state index in [4.69, 9.17) is 5.11 Å². The third kappa shape index (κ3) is 3.54. The van der Waals surface area contributed by atoms with E-state index in [0.717, 1.165) is 16.1 Å². The van der Waals surface area contributed by atoms with Gasteiger partial charge in [0.05, 0.1) is 5.56 Å². The molecule has 5 heteroatoms. The van der Waals surface area contributed by atoms with Crippen LogP contribution >= 0.6 is 15.9 Å². The second-order valence-corrected chi connectivity index (χ2v) is 4.89. The Morgan fingerprint density at radius 3 is 2.74 bits per heavy atom. The second kappa shape index (κ2) is 5.84. The second-order valence-electron chi connectivity index (χ2n) is 3.98. The summed E-state index contributed by atoms with van der Waals surface area (Å²) in [6.07, 6.45) is 0. The number of anilines is 1. The highest BCUT2D eigenvalue weighted by atomic mass is 79.9. The molecule has 0 spiro atoms. The maximum atomic E-state index is 13.0. The Hall–Kier alpha value is -1.88. The van der Waals surface area contributed by atoms with Gasteiger partial charge in [-0.2, -0.15) is 0 Å². The Labute approximate surface area is 118 Å². The fourth-order valence-electron chi connectivity index (χ4n) is 1.69. The maximum absolute atomic E-state index is 13.0. The van der Waals surface area contributed by atoms with E-state index in [9.17, 15) is 9.18 Å². The summed E-state index contributed by atoms with van der Waals surface area (Å²) >= 11 is 3.36. The van der Waals surface area contributed by atoms with E-state index in [-0.39, 0.29) is 5.56 Å². The Morgan fingerprint density at radius 1 is 1.26 bits per heavy atom. The zero-order valence-corrected chi connectivity index (χ0v) is 11.4. The highest BCUT2D eigenvalue weighted by molar-refractivity contribution is 9.10. The summed E-state index contributed by atoms with van der Waals surface area (Å²) < 4.78 is 14.0. The molecule has 0 aliphatic heterocycles.